The predicted molar refractivity (Wildman–Crippen MR) is 109 cm³/mol. The summed E-state index contributed by atoms with van der Waals surface area (Å²) in [5.74, 6) is 1.81. The number of amides is 1. The van der Waals surface area contributed by atoms with Crippen LogP contribution in [0.15, 0.2) is 24.4 Å². The minimum atomic E-state index is 0.257. The Hall–Kier alpha value is -2.54. The van der Waals surface area contributed by atoms with Crippen molar-refractivity contribution in [2.75, 3.05) is 31.6 Å². The maximum Gasteiger partial charge on any atom is 0.222 e. The van der Waals surface area contributed by atoms with E-state index in [0.29, 0.717) is 12.2 Å². The molecule has 0 N–H and O–H groups in total. The Morgan fingerprint density at radius 3 is 2.81 bits per heavy atom. The first-order chi connectivity index (χ1) is 13.0. The third kappa shape index (κ3) is 3.39. The minimum absolute atomic E-state index is 0.257. The van der Waals surface area contributed by atoms with Crippen molar-refractivity contribution in [1.29, 1.82) is 0 Å². The monoisotopic (exact) mass is 381 g/mol. The molecule has 140 valence electrons. The number of aryl methyl sites for hydroxylation is 2. The highest BCUT2D eigenvalue weighted by Gasteiger charge is 2.22. The summed E-state index contributed by atoms with van der Waals surface area (Å²) in [6.45, 7) is 6.57. The zero-order valence-electron chi connectivity index (χ0n) is 15.9. The molecule has 27 heavy (non-hydrogen) atoms. The number of hydrogen-bond donors (Lipinski definition) is 0. The van der Waals surface area contributed by atoms with Crippen LogP contribution < -0.4 is 4.90 Å². The Morgan fingerprint density at radius 1 is 1.26 bits per heavy atom. The Balaban J connectivity index is 1.72. The van der Waals surface area contributed by atoms with E-state index in [9.17, 15) is 4.79 Å². The number of fused-ring (bicyclic) bond motifs is 1. The number of anilines is 1. The molecule has 0 atom stereocenters. The van der Waals surface area contributed by atoms with Crippen molar-refractivity contribution < 1.29 is 4.79 Å². The van der Waals surface area contributed by atoms with Gasteiger partial charge in [0.1, 0.15) is 16.3 Å². The number of aromatic nitrogens is 3. The molecule has 0 radical (unpaired) electrons. The van der Waals surface area contributed by atoms with E-state index in [4.69, 9.17) is 9.97 Å². The fourth-order valence-electron chi connectivity index (χ4n) is 3.43. The fourth-order valence-corrected chi connectivity index (χ4v) is 4.46. The molecule has 1 amide bonds. The molecule has 1 fully saturated rings. The van der Waals surface area contributed by atoms with Gasteiger partial charge in [-0.05, 0) is 38.0 Å². The van der Waals surface area contributed by atoms with E-state index in [1.165, 1.54) is 10.4 Å². The third-order valence-electron chi connectivity index (χ3n) is 5.14. The van der Waals surface area contributed by atoms with Crippen molar-refractivity contribution in [3.63, 3.8) is 0 Å². The van der Waals surface area contributed by atoms with Crippen LogP contribution in [0, 0.1) is 13.8 Å². The zero-order valence-corrected chi connectivity index (χ0v) is 16.7. The van der Waals surface area contributed by atoms with Gasteiger partial charge in [-0.3, -0.25) is 9.78 Å². The lowest BCUT2D eigenvalue weighted by molar-refractivity contribution is -0.127. The number of hydrogen-bond acceptors (Lipinski definition) is 6. The van der Waals surface area contributed by atoms with Crippen LogP contribution in [0.25, 0.3) is 21.7 Å². The van der Waals surface area contributed by atoms with Crippen LogP contribution in [0.3, 0.4) is 0 Å². The summed E-state index contributed by atoms with van der Waals surface area (Å²) in [6, 6.07) is 5.77. The van der Waals surface area contributed by atoms with Gasteiger partial charge in [-0.15, -0.1) is 11.3 Å². The van der Waals surface area contributed by atoms with Crippen LogP contribution in [0.1, 0.15) is 23.3 Å². The highest BCUT2D eigenvalue weighted by molar-refractivity contribution is 7.18. The molecule has 0 unspecified atom stereocenters. The van der Waals surface area contributed by atoms with Crippen molar-refractivity contribution >= 4 is 33.3 Å². The van der Waals surface area contributed by atoms with Gasteiger partial charge >= 0.3 is 0 Å². The van der Waals surface area contributed by atoms with Crippen molar-refractivity contribution in [3.05, 3.63) is 34.8 Å². The molecule has 0 aromatic carbocycles. The lowest BCUT2D eigenvalue weighted by Crippen LogP contribution is -2.34. The lowest BCUT2D eigenvalue weighted by atomic mass is 10.2. The molecule has 0 saturated carbocycles. The van der Waals surface area contributed by atoms with Crippen LogP contribution in [-0.2, 0) is 4.79 Å². The summed E-state index contributed by atoms with van der Waals surface area (Å²) in [7, 11) is 2.04. The first kappa shape index (κ1) is 17.9. The fraction of sp³-hybridized carbons (Fsp3) is 0.400. The molecular weight excluding hydrogens is 358 g/mol. The summed E-state index contributed by atoms with van der Waals surface area (Å²) in [6.07, 6.45) is 3.40. The van der Waals surface area contributed by atoms with Gasteiger partial charge in [0.05, 0.1) is 5.39 Å². The van der Waals surface area contributed by atoms with E-state index >= 15 is 0 Å². The standard InChI is InChI=1S/C20H23N5OS/c1-13-14(2)27-20-17(13)19(22-18(23-20)15-7-4-5-9-21-15)24(3)11-12-25-10-6-8-16(25)26/h4-5,7,9H,6,8,10-12H2,1-3H3. The van der Waals surface area contributed by atoms with Gasteiger partial charge in [-0.25, -0.2) is 9.97 Å². The summed E-state index contributed by atoms with van der Waals surface area (Å²) in [4.78, 5) is 32.3. The second kappa shape index (κ2) is 7.23. The Kier molecular flexibility index (Phi) is 4.78. The van der Waals surface area contributed by atoms with Gasteiger partial charge in [0.15, 0.2) is 5.82 Å². The molecule has 1 aliphatic heterocycles. The summed E-state index contributed by atoms with van der Waals surface area (Å²) < 4.78 is 0. The smallest absolute Gasteiger partial charge is 0.222 e. The Morgan fingerprint density at radius 2 is 2.11 bits per heavy atom. The van der Waals surface area contributed by atoms with Crippen LogP contribution in [-0.4, -0.2) is 52.4 Å². The first-order valence-electron chi connectivity index (χ1n) is 9.22. The molecule has 1 aliphatic rings. The SMILES string of the molecule is Cc1sc2nc(-c3ccccn3)nc(N(C)CCN3CCCC3=O)c2c1C. The normalized spacial score (nSPS) is 14.3. The average Bonchev–Trinajstić information content (AvgIpc) is 3.22. The number of carbonyl (C=O) groups is 1. The van der Waals surface area contributed by atoms with Gasteiger partial charge in [0.25, 0.3) is 0 Å². The van der Waals surface area contributed by atoms with E-state index in [1.807, 2.05) is 30.1 Å². The number of carbonyl (C=O) groups excluding carboxylic acids is 1. The van der Waals surface area contributed by atoms with Gasteiger partial charge in [-0.2, -0.15) is 0 Å². The number of likely N-dealkylation sites (N-methyl/N-ethyl adjacent to an activating group) is 1. The van der Waals surface area contributed by atoms with E-state index in [0.717, 1.165) is 47.8 Å². The number of nitrogens with zero attached hydrogens (tertiary/aromatic N) is 5. The molecule has 3 aromatic rings. The molecule has 0 spiro atoms. The Bertz CT molecular complexity index is 985. The van der Waals surface area contributed by atoms with Gasteiger partial charge in [-0.1, -0.05) is 6.07 Å². The maximum atomic E-state index is 11.9. The van der Waals surface area contributed by atoms with E-state index in [2.05, 4.69) is 23.7 Å². The molecule has 7 heteroatoms. The number of thiophene rings is 1. The molecule has 6 nitrogen and oxygen atoms in total. The predicted octanol–water partition coefficient (Wildman–Crippen LogP) is 3.43. The summed E-state index contributed by atoms with van der Waals surface area (Å²) in [5, 5.41) is 1.10. The van der Waals surface area contributed by atoms with Gasteiger partial charge in [0, 0.05) is 44.2 Å². The molecular formula is C20H23N5OS. The van der Waals surface area contributed by atoms with Crippen molar-refractivity contribution in [3.8, 4) is 11.5 Å². The molecule has 3 aromatic heterocycles. The molecule has 0 bridgehead atoms. The zero-order chi connectivity index (χ0) is 19.0. The van der Waals surface area contributed by atoms with Crippen LogP contribution in [0.2, 0.25) is 0 Å². The lowest BCUT2D eigenvalue weighted by Gasteiger charge is -2.23. The Labute approximate surface area is 162 Å². The molecule has 4 heterocycles. The summed E-state index contributed by atoms with van der Waals surface area (Å²) >= 11 is 1.69. The number of rotatable bonds is 5. The number of pyridine rings is 1. The molecule has 1 saturated heterocycles. The van der Waals surface area contributed by atoms with Crippen molar-refractivity contribution in [1.82, 2.24) is 19.9 Å². The first-order valence-corrected chi connectivity index (χ1v) is 10.0. The van der Waals surface area contributed by atoms with E-state index < -0.39 is 0 Å². The van der Waals surface area contributed by atoms with Gasteiger partial charge in [0.2, 0.25) is 5.91 Å². The van der Waals surface area contributed by atoms with Crippen LogP contribution in [0.5, 0.6) is 0 Å². The minimum Gasteiger partial charge on any atom is -0.357 e. The van der Waals surface area contributed by atoms with Crippen molar-refractivity contribution in [2.45, 2.75) is 26.7 Å². The second-order valence-electron chi connectivity index (χ2n) is 6.96. The molecule has 0 aliphatic carbocycles. The quantitative estimate of drug-likeness (QED) is 0.678. The van der Waals surface area contributed by atoms with Gasteiger partial charge < -0.3 is 9.80 Å². The second-order valence-corrected chi connectivity index (χ2v) is 8.16. The van der Waals surface area contributed by atoms with E-state index in [1.54, 1.807) is 17.5 Å². The topological polar surface area (TPSA) is 62.2 Å². The van der Waals surface area contributed by atoms with Crippen molar-refractivity contribution in [2.24, 2.45) is 0 Å². The average molecular weight is 382 g/mol. The van der Waals surface area contributed by atoms with Crippen LogP contribution in [0.4, 0.5) is 5.82 Å². The number of likely N-dealkylation sites (tertiary alicyclic amines) is 1. The maximum absolute atomic E-state index is 11.9. The molecule has 4 rings (SSSR count). The third-order valence-corrected chi connectivity index (χ3v) is 6.24. The highest BCUT2D eigenvalue weighted by atomic mass is 32.1. The van der Waals surface area contributed by atoms with E-state index in [-0.39, 0.29) is 5.91 Å². The summed E-state index contributed by atoms with van der Waals surface area (Å²) in [5.41, 5.74) is 1.99. The largest absolute Gasteiger partial charge is 0.357 e. The highest BCUT2D eigenvalue weighted by Crippen LogP contribution is 2.36. The van der Waals surface area contributed by atoms with Crippen LogP contribution >= 0.6 is 11.3 Å².